The average Bonchev–Trinajstić information content (AvgIpc) is 3.54. The minimum absolute atomic E-state index is 0.105. The SMILES string of the molecule is N#Cc1ccc(Cl)c(-c2[nH]c(-c3ccnc(N)n3)cc2C(N)=O)c1.NC(=O)c1cc(-c2ccnc(N)n2)[nH]c1Br. The van der Waals surface area contributed by atoms with Crippen LogP contribution in [0.25, 0.3) is 34.0 Å². The molecule has 0 unspecified atom stereocenters. The first-order valence-electron chi connectivity index (χ1n) is 11.2. The van der Waals surface area contributed by atoms with E-state index >= 15 is 0 Å². The van der Waals surface area contributed by atoms with E-state index < -0.39 is 11.8 Å². The summed E-state index contributed by atoms with van der Waals surface area (Å²) in [4.78, 5) is 44.6. The smallest absolute Gasteiger partial charge is 0.251 e. The molecule has 0 saturated heterocycles. The monoisotopic (exact) mass is 619 g/mol. The maximum atomic E-state index is 11.8. The lowest BCUT2D eigenvalue weighted by molar-refractivity contribution is 0.0992. The Morgan fingerprint density at radius 3 is 1.90 bits per heavy atom. The van der Waals surface area contributed by atoms with Gasteiger partial charge in [-0.1, -0.05) is 11.6 Å². The summed E-state index contributed by atoms with van der Waals surface area (Å²) in [5, 5.41) is 9.45. The van der Waals surface area contributed by atoms with Crippen LogP contribution in [-0.2, 0) is 0 Å². The number of nitrogens with zero attached hydrogens (tertiary/aromatic N) is 5. The number of benzene rings is 1. The van der Waals surface area contributed by atoms with Crippen molar-refractivity contribution < 1.29 is 9.59 Å². The second-order valence-corrected chi connectivity index (χ2v) is 9.22. The van der Waals surface area contributed by atoms with Crippen molar-refractivity contribution in [2.45, 2.75) is 0 Å². The van der Waals surface area contributed by atoms with Gasteiger partial charge in [0.05, 0.1) is 55.8 Å². The first kappa shape index (κ1) is 27.8. The van der Waals surface area contributed by atoms with Gasteiger partial charge in [-0.15, -0.1) is 0 Å². The van der Waals surface area contributed by atoms with E-state index in [2.05, 4.69) is 45.8 Å². The summed E-state index contributed by atoms with van der Waals surface area (Å²) in [5.74, 6) is -0.873. The second kappa shape index (κ2) is 11.6. The average molecular weight is 621 g/mol. The maximum Gasteiger partial charge on any atom is 0.251 e. The zero-order valence-corrected chi connectivity index (χ0v) is 22.7. The Kier molecular flexibility index (Phi) is 8.08. The Morgan fingerprint density at radius 2 is 1.40 bits per heavy atom. The van der Waals surface area contributed by atoms with Crippen LogP contribution in [0.3, 0.4) is 0 Å². The minimum atomic E-state index is -0.632. The van der Waals surface area contributed by atoms with Gasteiger partial charge in [0.25, 0.3) is 11.8 Å². The molecule has 15 heteroatoms. The van der Waals surface area contributed by atoms with Crippen LogP contribution in [0.2, 0.25) is 5.02 Å². The predicted octanol–water partition coefficient (Wildman–Crippen LogP) is 3.26. The van der Waals surface area contributed by atoms with Crippen molar-refractivity contribution in [3.8, 4) is 40.1 Å². The number of rotatable bonds is 5. The zero-order valence-electron chi connectivity index (χ0n) is 20.3. The molecule has 0 bridgehead atoms. The highest BCUT2D eigenvalue weighted by molar-refractivity contribution is 9.10. The molecule has 0 aliphatic rings. The molecular formula is C25H19BrClN11O2. The van der Waals surface area contributed by atoms with Gasteiger partial charge in [-0.3, -0.25) is 9.59 Å². The molecule has 5 aromatic rings. The predicted molar refractivity (Wildman–Crippen MR) is 152 cm³/mol. The molecule has 1 aromatic carbocycles. The molecule has 0 saturated carbocycles. The summed E-state index contributed by atoms with van der Waals surface area (Å²) in [6, 6.07) is 13.3. The molecule has 0 aliphatic heterocycles. The number of aromatic amines is 2. The molecule has 0 radical (unpaired) electrons. The first-order chi connectivity index (χ1) is 19.1. The Bertz CT molecular complexity index is 1790. The fourth-order valence-corrected chi connectivity index (χ4v) is 4.32. The third-order valence-electron chi connectivity index (χ3n) is 5.38. The van der Waals surface area contributed by atoms with Gasteiger partial charge >= 0.3 is 0 Å². The molecule has 4 heterocycles. The van der Waals surface area contributed by atoms with Crippen molar-refractivity contribution >= 4 is 51.2 Å². The van der Waals surface area contributed by atoms with Crippen LogP contribution in [0.5, 0.6) is 0 Å². The Hall–Kier alpha value is -5.26. The van der Waals surface area contributed by atoms with E-state index in [1.54, 1.807) is 42.5 Å². The topological polar surface area (TPSA) is 245 Å². The first-order valence-corrected chi connectivity index (χ1v) is 12.3. The zero-order chi connectivity index (χ0) is 29.0. The van der Waals surface area contributed by atoms with E-state index in [-0.39, 0.29) is 17.5 Å². The summed E-state index contributed by atoms with van der Waals surface area (Å²) >= 11 is 9.42. The number of halogens is 2. The van der Waals surface area contributed by atoms with Gasteiger partial charge in [-0.05, 0) is 58.4 Å². The van der Waals surface area contributed by atoms with Crippen molar-refractivity contribution in [3.63, 3.8) is 0 Å². The Balaban J connectivity index is 0.000000201. The highest BCUT2D eigenvalue weighted by atomic mass is 79.9. The number of aromatic nitrogens is 6. The number of primary amides is 2. The number of nitrogens with one attached hydrogen (secondary N) is 2. The number of nitrogens with two attached hydrogens (primary N) is 4. The normalized spacial score (nSPS) is 10.3. The highest BCUT2D eigenvalue weighted by Crippen LogP contribution is 2.33. The Morgan fingerprint density at radius 1 is 0.850 bits per heavy atom. The van der Waals surface area contributed by atoms with Crippen LogP contribution in [-0.4, -0.2) is 41.7 Å². The Labute approximate surface area is 239 Å². The third-order valence-corrected chi connectivity index (χ3v) is 6.34. The fraction of sp³-hybridized carbons (Fsp3) is 0. The number of amides is 2. The summed E-state index contributed by atoms with van der Waals surface area (Å²) in [6.45, 7) is 0. The molecule has 40 heavy (non-hydrogen) atoms. The van der Waals surface area contributed by atoms with Gasteiger partial charge in [0.1, 0.15) is 0 Å². The van der Waals surface area contributed by atoms with Gasteiger partial charge in [0.2, 0.25) is 11.9 Å². The molecule has 0 fully saturated rings. The molecular weight excluding hydrogens is 602 g/mol. The summed E-state index contributed by atoms with van der Waals surface area (Å²) in [7, 11) is 0. The van der Waals surface area contributed by atoms with Crippen molar-refractivity contribution in [1.29, 1.82) is 5.26 Å². The summed E-state index contributed by atoms with van der Waals surface area (Å²) < 4.78 is 0.521. The molecule has 4 aromatic heterocycles. The molecule has 0 atom stereocenters. The van der Waals surface area contributed by atoms with Crippen molar-refractivity contribution in [2.24, 2.45) is 11.5 Å². The third kappa shape index (κ3) is 6.07. The van der Waals surface area contributed by atoms with Crippen LogP contribution in [0.15, 0.2) is 59.5 Å². The van der Waals surface area contributed by atoms with Crippen LogP contribution >= 0.6 is 27.5 Å². The van der Waals surface area contributed by atoms with E-state index in [0.29, 0.717) is 54.8 Å². The van der Waals surface area contributed by atoms with Crippen molar-refractivity contribution in [3.05, 3.63) is 81.2 Å². The minimum Gasteiger partial charge on any atom is -0.368 e. The number of nitriles is 1. The van der Waals surface area contributed by atoms with Gasteiger partial charge in [-0.25, -0.2) is 19.9 Å². The quantitative estimate of drug-likeness (QED) is 0.168. The molecule has 2 amide bonds. The fourth-order valence-electron chi connectivity index (χ4n) is 3.58. The van der Waals surface area contributed by atoms with Gasteiger partial charge in [-0.2, -0.15) is 5.26 Å². The van der Waals surface area contributed by atoms with Gasteiger partial charge in [0, 0.05) is 23.0 Å². The molecule has 13 nitrogen and oxygen atoms in total. The van der Waals surface area contributed by atoms with Crippen LogP contribution < -0.4 is 22.9 Å². The van der Waals surface area contributed by atoms with E-state index in [9.17, 15) is 9.59 Å². The van der Waals surface area contributed by atoms with Crippen molar-refractivity contribution in [2.75, 3.05) is 11.5 Å². The molecule has 0 aliphatic carbocycles. The number of carbonyl (C=O) groups excluding carboxylic acids is 2. The summed E-state index contributed by atoms with van der Waals surface area (Å²) in [5.41, 5.74) is 25.9. The van der Waals surface area contributed by atoms with Gasteiger partial charge in [0.15, 0.2) is 0 Å². The maximum absolute atomic E-state index is 11.8. The molecule has 200 valence electrons. The number of anilines is 2. The largest absolute Gasteiger partial charge is 0.368 e. The number of nitrogen functional groups attached to an aromatic ring is 2. The van der Waals surface area contributed by atoms with Crippen LogP contribution in [0, 0.1) is 11.3 Å². The van der Waals surface area contributed by atoms with E-state index in [1.807, 2.05) is 6.07 Å². The second-order valence-electron chi connectivity index (χ2n) is 8.02. The molecule has 5 rings (SSSR count). The van der Waals surface area contributed by atoms with E-state index in [4.69, 9.17) is 39.8 Å². The lowest BCUT2D eigenvalue weighted by Crippen LogP contribution is -2.11. The van der Waals surface area contributed by atoms with Crippen LogP contribution in [0.4, 0.5) is 11.9 Å². The molecule has 0 spiro atoms. The van der Waals surface area contributed by atoms with Crippen LogP contribution in [0.1, 0.15) is 26.3 Å². The van der Waals surface area contributed by atoms with E-state index in [0.717, 1.165) is 0 Å². The number of carbonyl (C=O) groups is 2. The number of H-pyrrole nitrogens is 2. The van der Waals surface area contributed by atoms with E-state index in [1.165, 1.54) is 12.4 Å². The summed E-state index contributed by atoms with van der Waals surface area (Å²) in [6.07, 6.45) is 3.04. The lowest BCUT2D eigenvalue weighted by atomic mass is 10.1. The lowest BCUT2D eigenvalue weighted by Gasteiger charge is -2.05. The molecule has 10 N–H and O–H groups in total. The number of hydrogen-bond acceptors (Lipinski definition) is 9. The highest BCUT2D eigenvalue weighted by Gasteiger charge is 2.19. The van der Waals surface area contributed by atoms with Crippen molar-refractivity contribution in [1.82, 2.24) is 29.9 Å². The van der Waals surface area contributed by atoms with Gasteiger partial charge < -0.3 is 32.9 Å². The standard InChI is InChI=1S/C16H11ClN6O.C9H8BrN5O/c17-11-2-1-8(7-18)5-9(11)14-10(15(19)24)6-13(22-14)12-3-4-21-16(20)23-12;10-7-4(8(11)16)3-6(14-7)5-1-2-13-9(12)15-5/h1-6,22H,(H2,19,24)(H2,20,21,23);1-3,14H,(H2,11,16)(H2,12,13,15). The number of hydrogen-bond donors (Lipinski definition) is 6.